The van der Waals surface area contributed by atoms with E-state index in [2.05, 4.69) is 5.16 Å². The Morgan fingerprint density at radius 2 is 2.00 bits per heavy atom. The summed E-state index contributed by atoms with van der Waals surface area (Å²) in [5.74, 6) is 0.500. The molecule has 0 saturated heterocycles. The minimum absolute atomic E-state index is 0.500. The third-order valence-electron chi connectivity index (χ3n) is 2.48. The van der Waals surface area contributed by atoms with Crippen LogP contribution in [0.2, 0.25) is 0 Å². The van der Waals surface area contributed by atoms with Crippen molar-refractivity contribution in [3.8, 4) is 0 Å². The maximum atomic E-state index is 8.75. The Labute approximate surface area is 74.0 Å². The molecule has 2 nitrogen and oxygen atoms in total. The van der Waals surface area contributed by atoms with Gasteiger partial charge in [-0.05, 0) is 25.8 Å². The molecule has 0 aromatic carbocycles. The van der Waals surface area contributed by atoms with E-state index >= 15 is 0 Å². The normalized spacial score (nSPS) is 21.9. The molecule has 0 amide bonds. The van der Waals surface area contributed by atoms with Crippen LogP contribution in [-0.4, -0.2) is 10.9 Å². The molecule has 0 aliphatic heterocycles. The molecule has 0 bridgehead atoms. The summed E-state index contributed by atoms with van der Waals surface area (Å²) in [7, 11) is 0. The Kier molecular flexibility index (Phi) is 3.85. The molecule has 68 valence electrons. The van der Waals surface area contributed by atoms with Gasteiger partial charge in [-0.3, -0.25) is 0 Å². The van der Waals surface area contributed by atoms with Gasteiger partial charge >= 0.3 is 0 Å². The van der Waals surface area contributed by atoms with Crippen LogP contribution in [0, 0.1) is 5.92 Å². The third kappa shape index (κ3) is 2.36. The van der Waals surface area contributed by atoms with Gasteiger partial charge < -0.3 is 5.21 Å². The maximum Gasteiger partial charge on any atom is 0.0823 e. The summed E-state index contributed by atoms with van der Waals surface area (Å²) in [5, 5.41) is 12.1. The van der Waals surface area contributed by atoms with Gasteiger partial charge in [0.2, 0.25) is 0 Å². The molecule has 0 aromatic heterocycles. The van der Waals surface area contributed by atoms with E-state index in [1.807, 2.05) is 19.1 Å². The molecule has 1 fully saturated rings. The van der Waals surface area contributed by atoms with Crippen LogP contribution in [0.1, 0.15) is 39.0 Å². The minimum Gasteiger partial charge on any atom is -0.411 e. The van der Waals surface area contributed by atoms with Crippen molar-refractivity contribution < 1.29 is 5.21 Å². The van der Waals surface area contributed by atoms with Crippen LogP contribution < -0.4 is 0 Å². The summed E-state index contributed by atoms with van der Waals surface area (Å²) in [6, 6.07) is 0. The highest BCUT2D eigenvalue weighted by atomic mass is 16.4. The summed E-state index contributed by atoms with van der Waals surface area (Å²) in [4.78, 5) is 0. The highest BCUT2D eigenvalue weighted by molar-refractivity contribution is 5.96. The minimum atomic E-state index is 0.500. The molecule has 1 aliphatic rings. The second-order valence-electron chi connectivity index (χ2n) is 3.36. The topological polar surface area (TPSA) is 32.6 Å². The lowest BCUT2D eigenvalue weighted by molar-refractivity contribution is 0.311. The fourth-order valence-corrected chi connectivity index (χ4v) is 1.82. The van der Waals surface area contributed by atoms with Crippen LogP contribution >= 0.6 is 0 Å². The molecule has 1 aliphatic carbocycles. The van der Waals surface area contributed by atoms with Crippen molar-refractivity contribution >= 4 is 5.71 Å². The van der Waals surface area contributed by atoms with Gasteiger partial charge in [-0.1, -0.05) is 30.5 Å². The van der Waals surface area contributed by atoms with E-state index < -0.39 is 0 Å². The lowest BCUT2D eigenvalue weighted by Gasteiger charge is -2.20. The predicted octanol–water partition coefficient (Wildman–Crippen LogP) is 2.97. The summed E-state index contributed by atoms with van der Waals surface area (Å²) in [5.41, 5.74) is 0.859. The van der Waals surface area contributed by atoms with Crippen molar-refractivity contribution in [2.24, 2.45) is 11.1 Å². The van der Waals surface area contributed by atoms with Crippen molar-refractivity contribution in [3.05, 3.63) is 12.2 Å². The van der Waals surface area contributed by atoms with Gasteiger partial charge in [-0.25, -0.2) is 0 Å². The SMILES string of the molecule is C/C=C/C(=N\O)C1CCCCC1. The van der Waals surface area contributed by atoms with Gasteiger partial charge in [0, 0.05) is 5.92 Å². The van der Waals surface area contributed by atoms with Crippen LogP contribution in [0.4, 0.5) is 0 Å². The first kappa shape index (κ1) is 9.30. The van der Waals surface area contributed by atoms with E-state index in [4.69, 9.17) is 5.21 Å². The average molecular weight is 167 g/mol. The number of oxime groups is 1. The Morgan fingerprint density at radius 3 is 2.50 bits per heavy atom. The second kappa shape index (κ2) is 4.96. The first-order valence-electron chi connectivity index (χ1n) is 4.73. The second-order valence-corrected chi connectivity index (χ2v) is 3.36. The molecule has 1 saturated carbocycles. The number of allylic oxidation sites excluding steroid dienone is 2. The summed E-state index contributed by atoms with van der Waals surface area (Å²) >= 11 is 0. The van der Waals surface area contributed by atoms with Crippen LogP contribution in [0.5, 0.6) is 0 Å². The molecule has 1 N–H and O–H groups in total. The molecular weight excluding hydrogens is 150 g/mol. The summed E-state index contributed by atoms with van der Waals surface area (Å²) < 4.78 is 0. The largest absolute Gasteiger partial charge is 0.411 e. The lowest BCUT2D eigenvalue weighted by atomic mass is 9.86. The molecule has 0 unspecified atom stereocenters. The lowest BCUT2D eigenvalue weighted by Crippen LogP contribution is -2.15. The first-order valence-corrected chi connectivity index (χ1v) is 4.73. The zero-order chi connectivity index (χ0) is 8.81. The quantitative estimate of drug-likeness (QED) is 0.383. The van der Waals surface area contributed by atoms with E-state index in [1.165, 1.54) is 32.1 Å². The number of hydrogen-bond acceptors (Lipinski definition) is 2. The highest BCUT2D eigenvalue weighted by Gasteiger charge is 2.17. The summed E-state index contributed by atoms with van der Waals surface area (Å²) in [6.07, 6.45) is 10.1. The monoisotopic (exact) mass is 167 g/mol. The Hall–Kier alpha value is -0.790. The van der Waals surface area contributed by atoms with Gasteiger partial charge in [0.1, 0.15) is 0 Å². The van der Waals surface area contributed by atoms with Gasteiger partial charge in [0.05, 0.1) is 5.71 Å². The van der Waals surface area contributed by atoms with Gasteiger partial charge in [0.15, 0.2) is 0 Å². The molecule has 1 rings (SSSR count). The fourth-order valence-electron chi connectivity index (χ4n) is 1.82. The van der Waals surface area contributed by atoms with E-state index in [9.17, 15) is 0 Å². The standard InChI is InChI=1S/C10H17NO/c1-2-6-10(11-12)9-7-4-3-5-8-9/h2,6,9,12H,3-5,7-8H2,1H3/b6-2+,11-10+. The van der Waals surface area contributed by atoms with Crippen LogP contribution in [0.15, 0.2) is 17.3 Å². The Bertz CT molecular complexity index is 178. The van der Waals surface area contributed by atoms with Crippen LogP contribution in [0.3, 0.4) is 0 Å². The van der Waals surface area contributed by atoms with Gasteiger partial charge in [-0.2, -0.15) is 0 Å². The van der Waals surface area contributed by atoms with Crippen molar-refractivity contribution in [3.63, 3.8) is 0 Å². The number of rotatable bonds is 2. The van der Waals surface area contributed by atoms with E-state index in [1.54, 1.807) is 0 Å². The Morgan fingerprint density at radius 1 is 1.33 bits per heavy atom. The molecule has 0 spiro atoms. The average Bonchev–Trinajstić information content (AvgIpc) is 2.15. The smallest absolute Gasteiger partial charge is 0.0823 e. The number of nitrogens with zero attached hydrogens (tertiary/aromatic N) is 1. The van der Waals surface area contributed by atoms with Crippen molar-refractivity contribution in [2.75, 3.05) is 0 Å². The molecule has 2 heteroatoms. The third-order valence-corrected chi connectivity index (χ3v) is 2.48. The fraction of sp³-hybridized carbons (Fsp3) is 0.700. The van der Waals surface area contributed by atoms with Crippen molar-refractivity contribution in [2.45, 2.75) is 39.0 Å². The molecule has 0 heterocycles. The van der Waals surface area contributed by atoms with E-state index in [-0.39, 0.29) is 0 Å². The molecule has 0 atom stereocenters. The van der Waals surface area contributed by atoms with Gasteiger partial charge in [0.25, 0.3) is 0 Å². The van der Waals surface area contributed by atoms with Crippen LogP contribution in [-0.2, 0) is 0 Å². The van der Waals surface area contributed by atoms with Gasteiger partial charge in [-0.15, -0.1) is 0 Å². The molecule has 0 radical (unpaired) electrons. The Balaban J connectivity index is 2.52. The van der Waals surface area contributed by atoms with Crippen molar-refractivity contribution in [1.82, 2.24) is 0 Å². The highest BCUT2D eigenvalue weighted by Crippen LogP contribution is 2.25. The first-order chi connectivity index (χ1) is 5.88. The molecule has 0 aromatic rings. The molecular formula is C10H17NO. The predicted molar refractivity (Wildman–Crippen MR) is 50.6 cm³/mol. The van der Waals surface area contributed by atoms with E-state index in [0.29, 0.717) is 5.92 Å². The molecule has 12 heavy (non-hydrogen) atoms. The zero-order valence-electron chi connectivity index (χ0n) is 7.66. The van der Waals surface area contributed by atoms with E-state index in [0.717, 1.165) is 5.71 Å². The summed E-state index contributed by atoms with van der Waals surface area (Å²) in [6.45, 7) is 1.95. The van der Waals surface area contributed by atoms with Crippen LogP contribution in [0.25, 0.3) is 0 Å². The maximum absolute atomic E-state index is 8.75. The van der Waals surface area contributed by atoms with Crippen molar-refractivity contribution in [1.29, 1.82) is 0 Å². The number of hydrogen-bond donors (Lipinski definition) is 1. The zero-order valence-corrected chi connectivity index (χ0v) is 7.66.